The number of allylic oxidation sites excluding steroid dienone is 2. The highest BCUT2D eigenvalue weighted by molar-refractivity contribution is 6.32. The maximum atomic E-state index is 12.2. The van der Waals surface area contributed by atoms with Gasteiger partial charge in [0.25, 0.3) is 23.6 Å². The molecular weight excluding hydrogens is 1710 g/mol. The molecule has 4 aromatic carbocycles. The van der Waals surface area contributed by atoms with Gasteiger partial charge in [0.05, 0.1) is 44.2 Å². The van der Waals surface area contributed by atoms with Crippen LogP contribution in [-0.2, 0) is 28.8 Å². The number of aliphatic hydroxyl groups is 2. The lowest BCUT2D eigenvalue weighted by Gasteiger charge is -2.27. The molecule has 0 spiro atoms. The minimum Gasteiger partial charge on any atom is -0.396 e. The number of hydrogen-bond acceptors (Lipinski definition) is 24. The molecule has 6 amide bonds. The molecular formula is C92H94Cl4N24O8. The normalized spacial score (nSPS) is 17.7. The summed E-state index contributed by atoms with van der Waals surface area (Å²) in [5.74, 6) is 5.11. The van der Waals surface area contributed by atoms with Crippen LogP contribution < -0.4 is 63.8 Å². The number of fused-ring (bicyclic) bond motifs is 4. The van der Waals surface area contributed by atoms with E-state index in [9.17, 15) is 39.0 Å². The van der Waals surface area contributed by atoms with Crippen molar-refractivity contribution in [3.63, 3.8) is 0 Å². The fraction of sp³-hybridized carbons (Fsp3) is 0.283. The topological polar surface area (TPSA) is 408 Å². The molecule has 36 heteroatoms. The van der Waals surface area contributed by atoms with Gasteiger partial charge in [-0.25, -0.2) is 19.9 Å². The predicted octanol–water partition coefficient (Wildman–Crippen LogP) is 16.0. The molecule has 32 nitrogen and oxygen atoms in total. The fourth-order valence-electron chi connectivity index (χ4n) is 15.4. The summed E-state index contributed by atoms with van der Waals surface area (Å²) in [6, 6.07) is 37.7. The number of nitrogens with one attached hydrogen (secondary N) is 12. The molecule has 8 aromatic heterocycles. The molecule has 128 heavy (non-hydrogen) atoms. The lowest BCUT2D eigenvalue weighted by atomic mass is 9.87. The zero-order valence-electron chi connectivity index (χ0n) is 70.4. The van der Waals surface area contributed by atoms with Crippen LogP contribution in [0.15, 0.2) is 193 Å². The summed E-state index contributed by atoms with van der Waals surface area (Å²) >= 11 is 24.5. The van der Waals surface area contributed by atoms with E-state index in [1.54, 1.807) is 67.1 Å². The highest BCUT2D eigenvalue weighted by Crippen LogP contribution is 2.41. The third-order valence-electron chi connectivity index (χ3n) is 22.7. The van der Waals surface area contributed by atoms with Crippen LogP contribution in [0.1, 0.15) is 127 Å². The Morgan fingerprint density at radius 3 is 1.05 bits per heavy atom. The number of rotatable bonds is 26. The zero-order valence-corrected chi connectivity index (χ0v) is 73.4. The second kappa shape index (κ2) is 38.0. The maximum Gasteiger partial charge on any atom is 0.254 e. The molecule has 658 valence electrons. The molecule has 0 unspecified atom stereocenters. The molecule has 0 bridgehead atoms. The van der Waals surface area contributed by atoms with Gasteiger partial charge >= 0.3 is 0 Å². The summed E-state index contributed by atoms with van der Waals surface area (Å²) in [5, 5.41) is 77.3. The van der Waals surface area contributed by atoms with Crippen molar-refractivity contribution in [1.29, 1.82) is 0 Å². The van der Waals surface area contributed by atoms with Crippen molar-refractivity contribution in [1.82, 2.24) is 79.7 Å². The molecule has 12 heterocycles. The van der Waals surface area contributed by atoms with Crippen molar-refractivity contribution < 1.29 is 39.0 Å². The van der Waals surface area contributed by atoms with Gasteiger partial charge < -0.3 is 63.4 Å². The summed E-state index contributed by atoms with van der Waals surface area (Å²) in [6.45, 7) is 17.3. The SMILES string of the molecule is C=C1C/C(=C\c2cnn3c(NCC(C)(C)CO)cc(Nc4cccc(Cl)c4)nc23)C(=O)N1.C=C1C/C(=C\c2cnn3c(NCC4(CO)CCCC4)cc(Nc4cccc(Cl)c4)nc23)C(=O)N1.C[C@@H](Nc1cc(Nc2cccc(Cl)c2)nc2c(/C=C3\CC(=O)NC3=O)cnn12)C1CC1.C[C@H](Nc1cc(Nc2cccc(Cl)c2)nc2c(/C=C3\CC(=O)NC3=O)cnn12)C1CC1. The Kier molecular flexibility index (Phi) is 26.1. The van der Waals surface area contributed by atoms with Gasteiger partial charge in [-0.3, -0.25) is 39.4 Å². The first-order valence-corrected chi connectivity index (χ1v) is 43.5. The number of halogens is 4. The van der Waals surface area contributed by atoms with Crippen LogP contribution in [0.25, 0.3) is 46.9 Å². The van der Waals surface area contributed by atoms with Gasteiger partial charge in [-0.05, 0) is 161 Å². The summed E-state index contributed by atoms with van der Waals surface area (Å²) in [7, 11) is 0. The van der Waals surface area contributed by atoms with Crippen LogP contribution in [0.2, 0.25) is 20.1 Å². The molecule has 0 radical (unpaired) electrons. The lowest BCUT2D eigenvalue weighted by Crippen LogP contribution is -2.31. The minimum atomic E-state index is -0.377. The van der Waals surface area contributed by atoms with Gasteiger partial charge in [0, 0.05) is 178 Å². The first-order chi connectivity index (χ1) is 61.6. The molecule has 3 aliphatic carbocycles. The highest BCUT2D eigenvalue weighted by atomic mass is 35.5. The third-order valence-corrected chi connectivity index (χ3v) is 23.6. The Morgan fingerprint density at radius 2 is 0.766 bits per heavy atom. The molecule has 7 fully saturated rings. The van der Waals surface area contributed by atoms with Crippen LogP contribution in [0.5, 0.6) is 0 Å². The van der Waals surface area contributed by atoms with Crippen molar-refractivity contribution in [3.05, 3.63) is 235 Å². The molecule has 12 aromatic rings. The Bertz CT molecular complexity index is 6340. The summed E-state index contributed by atoms with van der Waals surface area (Å²) in [6.07, 6.45) is 23.8. The second-order valence-corrected chi connectivity index (χ2v) is 35.4. The summed E-state index contributed by atoms with van der Waals surface area (Å²) < 4.78 is 6.87. The number of imide groups is 2. The van der Waals surface area contributed by atoms with Gasteiger partial charge in [-0.15, -0.1) is 0 Å². The number of aliphatic hydroxyl groups excluding tert-OH is 2. The molecule has 4 saturated heterocycles. The molecule has 19 rings (SSSR count). The third kappa shape index (κ3) is 21.4. The smallest absolute Gasteiger partial charge is 0.254 e. The number of amides is 6. The number of carbonyl (C=O) groups is 6. The number of hydrogen-bond donors (Lipinski definition) is 14. The number of aromatic nitrogens is 12. The predicted molar refractivity (Wildman–Crippen MR) is 500 cm³/mol. The number of nitrogens with zero attached hydrogens (tertiary/aromatic N) is 12. The van der Waals surface area contributed by atoms with Crippen LogP contribution >= 0.6 is 46.4 Å². The van der Waals surface area contributed by atoms with Crippen molar-refractivity contribution in [2.75, 3.05) is 68.8 Å². The monoisotopic (exact) mass is 1800 g/mol. The zero-order chi connectivity index (χ0) is 89.7. The molecule has 14 N–H and O–H groups in total. The van der Waals surface area contributed by atoms with E-state index < -0.39 is 0 Å². The van der Waals surface area contributed by atoms with Gasteiger partial charge in [0.15, 0.2) is 22.6 Å². The first kappa shape index (κ1) is 88.0. The van der Waals surface area contributed by atoms with E-state index >= 15 is 0 Å². The average Bonchev–Trinajstić information content (AvgIpc) is 1.64. The van der Waals surface area contributed by atoms with Crippen LogP contribution in [-0.4, -0.2) is 142 Å². The van der Waals surface area contributed by atoms with Crippen molar-refractivity contribution >= 4 is 198 Å². The van der Waals surface area contributed by atoms with Crippen LogP contribution in [0.3, 0.4) is 0 Å². The van der Waals surface area contributed by atoms with Crippen molar-refractivity contribution in [2.45, 2.75) is 117 Å². The molecule has 2 atom stereocenters. The Morgan fingerprint density at radius 1 is 0.453 bits per heavy atom. The van der Waals surface area contributed by atoms with E-state index in [4.69, 9.17) is 66.3 Å². The standard InChI is InChI=1S/C25H27ClN6O2.C23H25ClN6O2.2C22H21ClN6O2/c1-16-9-17(24(34)29-16)10-18-13-28-32-22(27-14-25(15-33)7-2-3-8-25)12-21(31-23(18)32)30-20-6-4-5-19(26)11-20;1-14-7-15(22(32)27-14)8-16-11-26-30-20(25-12-23(2,3)13-31)10-19(29-21(16)30)28-18-6-4-5-17(24)9-18;2*1-12(13-5-6-13)25-19-10-18(26-17-4-2-3-16(23)9-17)27-21-15(11-24-29(19)21)7-14-8-20(30)28-22(14)31/h4-6,10-13,27,33H,1-3,7-9,14-15H2,(H,29,34)(H,30,31);4-6,8-11,25,31H,1,7,12-13H2,2-3H3,(H,27,32)(H,28,29);2*2-4,7,9-13,25H,5-6,8H2,1H3,(H,26,27)(H,28,30,31)/b17-10+;15-8+;2*14-7+/t;;2*12-/m..10/s1. The van der Waals surface area contributed by atoms with Crippen LogP contribution in [0, 0.1) is 22.7 Å². The first-order valence-electron chi connectivity index (χ1n) is 42.0. The van der Waals surface area contributed by atoms with E-state index in [-0.39, 0.29) is 72.3 Å². The van der Waals surface area contributed by atoms with Crippen LogP contribution in [0.4, 0.5) is 69.3 Å². The summed E-state index contributed by atoms with van der Waals surface area (Å²) in [4.78, 5) is 90.4. The quantitative estimate of drug-likeness (QED) is 0.0177. The molecule has 7 aliphatic rings. The van der Waals surface area contributed by atoms with Crippen molar-refractivity contribution in [3.8, 4) is 0 Å². The maximum absolute atomic E-state index is 12.2. The van der Waals surface area contributed by atoms with E-state index in [0.717, 1.165) is 71.4 Å². The number of anilines is 12. The van der Waals surface area contributed by atoms with Crippen molar-refractivity contribution in [2.24, 2.45) is 22.7 Å². The van der Waals surface area contributed by atoms with Gasteiger partial charge in [-0.2, -0.15) is 38.5 Å². The van der Waals surface area contributed by atoms with Gasteiger partial charge in [-0.1, -0.05) is 111 Å². The van der Waals surface area contributed by atoms with E-state index in [2.05, 4.69) is 111 Å². The lowest BCUT2D eigenvalue weighted by molar-refractivity contribution is -0.125. The highest BCUT2D eigenvalue weighted by Gasteiger charge is 2.35. The summed E-state index contributed by atoms with van der Waals surface area (Å²) in [5.41, 5.74) is 11.3. The van der Waals surface area contributed by atoms with Gasteiger partial charge in [0.1, 0.15) is 46.5 Å². The van der Waals surface area contributed by atoms with E-state index in [1.165, 1.54) is 25.7 Å². The molecule has 4 aliphatic heterocycles. The Labute approximate surface area is 755 Å². The largest absolute Gasteiger partial charge is 0.396 e. The van der Waals surface area contributed by atoms with E-state index in [1.807, 2.05) is 135 Å². The Balaban J connectivity index is 0.000000125. The fourth-order valence-corrected chi connectivity index (χ4v) is 16.1. The molecule has 3 saturated carbocycles. The van der Waals surface area contributed by atoms with Gasteiger partial charge in [0.2, 0.25) is 11.8 Å². The number of carbonyl (C=O) groups excluding carboxylic acids is 6. The number of benzene rings is 4. The Hall–Kier alpha value is -13.5. The minimum absolute atomic E-state index is 0.0390. The second-order valence-electron chi connectivity index (χ2n) is 33.7. The van der Waals surface area contributed by atoms with E-state index in [0.29, 0.717) is 172 Å². The average molecular weight is 1810 g/mol.